The monoisotopic (exact) mass is 769 g/mol. The molecule has 9 aromatic carbocycles. The number of fused-ring (bicyclic) bond motifs is 4. The first-order valence-electron chi connectivity index (χ1n) is 21.3. The van der Waals surface area contributed by atoms with Gasteiger partial charge in [0.2, 0.25) is 0 Å². The van der Waals surface area contributed by atoms with Gasteiger partial charge in [-0.1, -0.05) is 184 Å². The van der Waals surface area contributed by atoms with Crippen molar-refractivity contribution >= 4 is 40.0 Å². The molecule has 0 aliphatic heterocycles. The first-order valence-corrected chi connectivity index (χ1v) is 21.3. The van der Waals surface area contributed by atoms with Gasteiger partial charge in [-0.15, -0.1) is 0 Å². The molecule has 0 amide bonds. The molecule has 1 aliphatic rings. The van der Waals surface area contributed by atoms with Gasteiger partial charge < -0.3 is 4.90 Å². The first-order chi connectivity index (χ1) is 29.6. The summed E-state index contributed by atoms with van der Waals surface area (Å²) in [7, 11) is 0. The van der Waals surface area contributed by atoms with Crippen LogP contribution in [0.1, 0.15) is 48.9 Å². The number of benzene rings is 9. The Balaban J connectivity index is 0.933. The lowest BCUT2D eigenvalue weighted by atomic mass is 9.73. The lowest BCUT2D eigenvalue weighted by Gasteiger charge is -2.32. The number of para-hydroxylation sites is 2. The molecule has 60 heavy (non-hydrogen) atoms. The molecule has 9 aromatic rings. The van der Waals surface area contributed by atoms with E-state index in [9.17, 15) is 0 Å². The van der Waals surface area contributed by atoms with Crippen LogP contribution < -0.4 is 4.90 Å². The number of anilines is 3. The van der Waals surface area contributed by atoms with Crippen LogP contribution in [0.4, 0.5) is 17.1 Å². The van der Waals surface area contributed by atoms with E-state index in [4.69, 9.17) is 0 Å². The van der Waals surface area contributed by atoms with Crippen LogP contribution in [-0.4, -0.2) is 0 Å². The summed E-state index contributed by atoms with van der Waals surface area (Å²) >= 11 is 0. The summed E-state index contributed by atoms with van der Waals surface area (Å²) in [6, 6.07) is 77.6. The summed E-state index contributed by atoms with van der Waals surface area (Å²) in [5, 5.41) is 2.48. The maximum Gasteiger partial charge on any atom is 0.0465 e. The molecular formula is C59H47N. The highest BCUT2D eigenvalue weighted by Crippen LogP contribution is 2.54. The van der Waals surface area contributed by atoms with Gasteiger partial charge in [-0.3, -0.25) is 0 Å². The van der Waals surface area contributed by atoms with Crippen molar-refractivity contribution in [2.75, 3.05) is 4.90 Å². The maximum absolute atomic E-state index is 2.46. The molecule has 0 unspecified atom stereocenters. The van der Waals surface area contributed by atoms with Gasteiger partial charge in [-0.2, -0.15) is 0 Å². The van der Waals surface area contributed by atoms with Gasteiger partial charge in [0.25, 0.3) is 0 Å². The quantitative estimate of drug-likeness (QED) is 0.125. The molecule has 0 aromatic heterocycles. The van der Waals surface area contributed by atoms with E-state index >= 15 is 0 Å². The molecule has 0 N–H and O–H groups in total. The lowest BCUT2D eigenvalue weighted by Crippen LogP contribution is -2.23. The molecule has 288 valence electrons. The Hall–Kier alpha value is -7.22. The Labute approximate surface area is 354 Å². The summed E-state index contributed by atoms with van der Waals surface area (Å²) in [6.07, 6.45) is 6.60. The summed E-state index contributed by atoms with van der Waals surface area (Å²) in [6.45, 7) is 4.70. The number of nitrogens with zero attached hydrogens (tertiary/aromatic N) is 1. The molecule has 0 saturated heterocycles. The van der Waals surface area contributed by atoms with Gasteiger partial charge in [-0.05, 0) is 145 Å². The third-order valence-corrected chi connectivity index (χ3v) is 12.7. The molecule has 0 fully saturated rings. The Morgan fingerprint density at radius 2 is 0.833 bits per heavy atom. The van der Waals surface area contributed by atoms with E-state index in [2.05, 4.69) is 243 Å². The second-order valence-corrected chi connectivity index (χ2v) is 16.0. The molecule has 0 saturated carbocycles. The van der Waals surface area contributed by atoms with E-state index in [0.717, 1.165) is 24.2 Å². The Morgan fingerprint density at radius 3 is 1.42 bits per heavy atom. The van der Waals surface area contributed by atoms with Gasteiger partial charge in [0.15, 0.2) is 0 Å². The average Bonchev–Trinajstić information content (AvgIpc) is 3.60. The summed E-state index contributed by atoms with van der Waals surface area (Å²) in [4.78, 5) is 2.38. The van der Waals surface area contributed by atoms with E-state index < -0.39 is 0 Å². The minimum Gasteiger partial charge on any atom is -0.310 e. The fourth-order valence-corrected chi connectivity index (χ4v) is 9.53. The van der Waals surface area contributed by atoms with Gasteiger partial charge >= 0.3 is 0 Å². The molecule has 0 bridgehead atoms. The van der Waals surface area contributed by atoms with Crippen molar-refractivity contribution in [3.05, 3.63) is 235 Å². The SMILES string of the molecule is CCC1(CC)c2cc(/C=C/c3ccc(-c4ccc5cc(-c6ccccc6)c(-c6ccccc6)cc5c4)cc3)ccc2-c2ccc(N(c3ccccc3)c3ccccc3)cc21. The van der Waals surface area contributed by atoms with Crippen LogP contribution in [0.3, 0.4) is 0 Å². The zero-order valence-corrected chi connectivity index (χ0v) is 34.2. The molecule has 1 aliphatic carbocycles. The largest absolute Gasteiger partial charge is 0.310 e. The fraction of sp³-hybridized carbons (Fsp3) is 0.0847. The minimum absolute atomic E-state index is 0.0595. The van der Waals surface area contributed by atoms with E-state index in [0.29, 0.717) is 0 Å². The van der Waals surface area contributed by atoms with Crippen molar-refractivity contribution in [3.63, 3.8) is 0 Å². The second-order valence-electron chi connectivity index (χ2n) is 16.0. The number of hydrogen-bond donors (Lipinski definition) is 0. The second kappa shape index (κ2) is 15.9. The lowest BCUT2D eigenvalue weighted by molar-refractivity contribution is 0.490. The Bertz CT molecular complexity index is 2920. The van der Waals surface area contributed by atoms with Crippen molar-refractivity contribution in [2.45, 2.75) is 32.1 Å². The van der Waals surface area contributed by atoms with Crippen molar-refractivity contribution in [2.24, 2.45) is 0 Å². The highest BCUT2D eigenvalue weighted by atomic mass is 15.1. The molecule has 0 spiro atoms. The molecule has 1 nitrogen and oxygen atoms in total. The summed E-state index contributed by atoms with van der Waals surface area (Å²) in [5.74, 6) is 0. The van der Waals surface area contributed by atoms with Crippen LogP contribution in [0.5, 0.6) is 0 Å². The molecule has 1 heteroatoms. The molecule has 10 rings (SSSR count). The van der Waals surface area contributed by atoms with Crippen LogP contribution in [-0.2, 0) is 5.41 Å². The van der Waals surface area contributed by atoms with Gasteiger partial charge in [-0.25, -0.2) is 0 Å². The zero-order valence-electron chi connectivity index (χ0n) is 34.2. The third kappa shape index (κ3) is 6.73. The first kappa shape index (κ1) is 37.1. The normalized spacial score (nSPS) is 12.7. The molecule has 0 heterocycles. The molecule has 0 radical (unpaired) electrons. The van der Waals surface area contributed by atoms with E-state index in [1.54, 1.807) is 0 Å². The molecule has 0 atom stereocenters. The topological polar surface area (TPSA) is 3.24 Å². The van der Waals surface area contributed by atoms with Crippen molar-refractivity contribution in [3.8, 4) is 44.5 Å². The Kier molecular flexibility index (Phi) is 9.79. The summed E-state index contributed by atoms with van der Waals surface area (Å²) < 4.78 is 0. The highest BCUT2D eigenvalue weighted by molar-refractivity contribution is 5.98. The standard InChI is InChI=1S/C59H47N/c1-3-59(4-2)57-37-43(29-35-53(57)54-36-34-52(41-58(54)59)60(50-21-13-7-14-22-50)51-23-15-8-16-24-51)26-25-42-27-30-44(31-28-42)47-32-33-48-39-55(45-17-9-5-10-18-45)56(40-49(48)38-47)46-19-11-6-12-20-46/h5-41H,3-4H2,1-2H3/b26-25+. The highest BCUT2D eigenvalue weighted by Gasteiger charge is 2.41. The maximum atomic E-state index is 2.46. The zero-order chi connectivity index (χ0) is 40.5. The predicted molar refractivity (Wildman–Crippen MR) is 257 cm³/mol. The van der Waals surface area contributed by atoms with Crippen molar-refractivity contribution < 1.29 is 0 Å². The summed E-state index contributed by atoms with van der Waals surface area (Å²) in [5.41, 5.74) is 18.8. The fourth-order valence-electron chi connectivity index (χ4n) is 9.53. The van der Waals surface area contributed by atoms with Gasteiger partial charge in [0, 0.05) is 22.5 Å². The average molecular weight is 770 g/mol. The minimum atomic E-state index is -0.0595. The predicted octanol–water partition coefficient (Wildman–Crippen LogP) is 16.6. The van der Waals surface area contributed by atoms with Gasteiger partial charge in [0.05, 0.1) is 0 Å². The van der Waals surface area contributed by atoms with Crippen LogP contribution in [0.2, 0.25) is 0 Å². The smallest absolute Gasteiger partial charge is 0.0465 e. The third-order valence-electron chi connectivity index (χ3n) is 12.7. The van der Waals surface area contributed by atoms with Gasteiger partial charge in [0.1, 0.15) is 0 Å². The van der Waals surface area contributed by atoms with E-state index in [1.807, 2.05) is 0 Å². The number of rotatable bonds is 10. The van der Waals surface area contributed by atoms with Crippen molar-refractivity contribution in [1.29, 1.82) is 0 Å². The van der Waals surface area contributed by atoms with Crippen LogP contribution in [0.25, 0.3) is 67.4 Å². The van der Waals surface area contributed by atoms with Crippen LogP contribution >= 0.6 is 0 Å². The Morgan fingerprint density at radius 1 is 0.350 bits per heavy atom. The van der Waals surface area contributed by atoms with E-state index in [1.165, 1.54) is 83.2 Å². The van der Waals surface area contributed by atoms with Crippen LogP contribution in [0, 0.1) is 0 Å². The number of hydrogen-bond acceptors (Lipinski definition) is 1. The van der Waals surface area contributed by atoms with Crippen molar-refractivity contribution in [1.82, 2.24) is 0 Å². The van der Waals surface area contributed by atoms with E-state index in [-0.39, 0.29) is 5.41 Å². The molecular weight excluding hydrogens is 723 g/mol. The van der Waals surface area contributed by atoms with Crippen LogP contribution in [0.15, 0.2) is 212 Å².